The summed E-state index contributed by atoms with van der Waals surface area (Å²) >= 11 is 0. The first kappa shape index (κ1) is 21.6. The molecule has 2 aliphatic rings. The average Bonchev–Trinajstić information content (AvgIpc) is 3.12. The van der Waals surface area contributed by atoms with E-state index in [1.54, 1.807) is 29.7 Å². The largest absolute Gasteiger partial charge is 0.508 e. The molecular weight excluding hydrogens is 422 g/mol. The number of nitrogens with zero attached hydrogens (tertiary/aromatic N) is 2. The third-order valence-electron chi connectivity index (χ3n) is 6.57. The van der Waals surface area contributed by atoms with Gasteiger partial charge in [0.25, 0.3) is 5.56 Å². The molecule has 1 atom stereocenters. The van der Waals surface area contributed by atoms with Gasteiger partial charge in [-0.25, -0.2) is 9.78 Å². The van der Waals surface area contributed by atoms with Crippen LogP contribution in [0.3, 0.4) is 0 Å². The summed E-state index contributed by atoms with van der Waals surface area (Å²) in [7, 11) is 0. The Balaban J connectivity index is 1.69. The number of hydrogen-bond donors (Lipinski definition) is 3. The van der Waals surface area contributed by atoms with Crippen molar-refractivity contribution in [2.24, 2.45) is 0 Å². The first-order valence-corrected chi connectivity index (χ1v) is 11.1. The fourth-order valence-corrected chi connectivity index (χ4v) is 4.64. The summed E-state index contributed by atoms with van der Waals surface area (Å²) in [4.78, 5) is 30.4. The second-order valence-corrected chi connectivity index (χ2v) is 9.83. The summed E-state index contributed by atoms with van der Waals surface area (Å²) in [5.74, 6) is -0.550. The van der Waals surface area contributed by atoms with E-state index in [0.717, 1.165) is 16.5 Å². The predicted octanol–water partition coefficient (Wildman–Crippen LogP) is 2.67. The van der Waals surface area contributed by atoms with Gasteiger partial charge in [0.2, 0.25) is 0 Å². The van der Waals surface area contributed by atoms with Gasteiger partial charge in [-0.05, 0) is 51.5 Å². The molecule has 0 unspecified atom stereocenters. The highest BCUT2D eigenvalue weighted by atomic mass is 16.6. The normalized spacial score (nSPS) is 19.2. The highest BCUT2D eigenvalue weighted by Crippen LogP contribution is 2.39. The maximum Gasteiger partial charge on any atom is 0.343 e. The van der Waals surface area contributed by atoms with Crippen molar-refractivity contribution in [3.8, 4) is 17.1 Å². The summed E-state index contributed by atoms with van der Waals surface area (Å²) in [6.45, 7) is 8.49. The Bertz CT molecular complexity index is 1390. The predicted molar refractivity (Wildman–Crippen MR) is 123 cm³/mol. The minimum Gasteiger partial charge on any atom is -0.508 e. The smallest absolute Gasteiger partial charge is 0.343 e. The summed E-state index contributed by atoms with van der Waals surface area (Å²) in [6.07, 6.45) is 0.100. The lowest BCUT2D eigenvalue weighted by Crippen LogP contribution is -2.44. The van der Waals surface area contributed by atoms with E-state index in [-0.39, 0.29) is 29.9 Å². The molecule has 0 amide bonds. The molecule has 5 rings (SSSR count). The fourth-order valence-electron chi connectivity index (χ4n) is 4.64. The van der Waals surface area contributed by atoms with Crippen LogP contribution in [-0.2, 0) is 34.8 Å². The molecule has 4 heterocycles. The van der Waals surface area contributed by atoms with Gasteiger partial charge in [0.1, 0.15) is 12.4 Å². The number of phenolic OH excluding ortho intramolecular Hbond substituents is 1. The summed E-state index contributed by atoms with van der Waals surface area (Å²) in [5.41, 5.74) is 1.83. The Morgan fingerprint density at radius 1 is 1.24 bits per heavy atom. The van der Waals surface area contributed by atoms with E-state index < -0.39 is 11.6 Å². The Morgan fingerprint density at radius 2 is 2.00 bits per heavy atom. The van der Waals surface area contributed by atoms with Crippen molar-refractivity contribution in [3.63, 3.8) is 0 Å². The van der Waals surface area contributed by atoms with Crippen LogP contribution in [0.25, 0.3) is 22.3 Å². The molecule has 3 aromatic rings. The SMILES string of the molecule is CC[C@@]1(O)C(=O)OCc2c1cc1n(c2=O)Cc2cc3c(CNC(C)(C)C)c(O)ccc3nc2-1. The number of fused-ring (bicyclic) bond motifs is 5. The van der Waals surface area contributed by atoms with Crippen molar-refractivity contribution in [1.82, 2.24) is 14.9 Å². The van der Waals surface area contributed by atoms with Crippen LogP contribution in [0.15, 0.2) is 29.1 Å². The number of nitrogens with one attached hydrogen (secondary N) is 1. The Labute approximate surface area is 190 Å². The molecule has 0 spiro atoms. The standard InChI is InChI=1S/C25H27N3O5/c1-5-25(32)17-9-19-21-13(11-28(19)22(30)16(17)12-33-23(25)31)8-14-15(10-26-24(2,3)4)20(29)7-6-18(14)27-21/h6-9,26,29,32H,5,10-12H2,1-4H3/t25-/m0/s1. The number of ether oxygens (including phenoxy) is 1. The maximum atomic E-state index is 13.3. The molecule has 0 radical (unpaired) electrons. The van der Waals surface area contributed by atoms with E-state index in [1.807, 2.05) is 6.07 Å². The molecule has 2 aromatic heterocycles. The van der Waals surface area contributed by atoms with Crippen molar-refractivity contribution >= 4 is 16.9 Å². The van der Waals surface area contributed by atoms with Crippen molar-refractivity contribution in [2.45, 2.75) is 65.0 Å². The molecule has 0 bridgehead atoms. The number of esters is 1. The van der Waals surface area contributed by atoms with E-state index >= 15 is 0 Å². The summed E-state index contributed by atoms with van der Waals surface area (Å²) in [5, 5.41) is 25.7. The van der Waals surface area contributed by atoms with Gasteiger partial charge in [0, 0.05) is 34.2 Å². The van der Waals surface area contributed by atoms with Crippen LogP contribution in [0, 0.1) is 0 Å². The van der Waals surface area contributed by atoms with Gasteiger partial charge >= 0.3 is 5.97 Å². The maximum absolute atomic E-state index is 13.3. The molecular formula is C25H27N3O5. The lowest BCUT2D eigenvalue weighted by atomic mass is 9.86. The zero-order valence-corrected chi connectivity index (χ0v) is 19.2. The molecule has 0 aliphatic carbocycles. The molecule has 8 nitrogen and oxygen atoms in total. The van der Waals surface area contributed by atoms with Gasteiger partial charge in [-0.1, -0.05) is 6.92 Å². The van der Waals surface area contributed by atoms with Crippen molar-refractivity contribution in [3.05, 3.63) is 56.9 Å². The fraction of sp³-hybridized carbons (Fsp3) is 0.400. The zero-order chi connectivity index (χ0) is 23.7. The van der Waals surface area contributed by atoms with Crippen LogP contribution in [0.4, 0.5) is 0 Å². The van der Waals surface area contributed by atoms with Crippen LogP contribution in [0.5, 0.6) is 5.75 Å². The lowest BCUT2D eigenvalue weighted by Gasteiger charge is -2.31. The molecule has 0 saturated heterocycles. The van der Waals surface area contributed by atoms with Gasteiger partial charge < -0.3 is 24.8 Å². The number of benzene rings is 1. The number of aliphatic hydroxyl groups is 1. The number of carbonyl (C=O) groups excluding carboxylic acids is 1. The van der Waals surface area contributed by atoms with E-state index in [9.17, 15) is 19.8 Å². The van der Waals surface area contributed by atoms with E-state index in [4.69, 9.17) is 9.72 Å². The second kappa shape index (κ2) is 7.13. The number of carbonyl (C=O) groups is 1. The van der Waals surface area contributed by atoms with E-state index in [2.05, 4.69) is 26.1 Å². The third-order valence-corrected chi connectivity index (χ3v) is 6.57. The molecule has 0 fully saturated rings. The monoisotopic (exact) mass is 449 g/mol. The summed E-state index contributed by atoms with van der Waals surface area (Å²) < 4.78 is 6.73. The molecule has 8 heteroatoms. The first-order valence-electron chi connectivity index (χ1n) is 11.1. The highest BCUT2D eigenvalue weighted by molar-refractivity contribution is 5.89. The zero-order valence-electron chi connectivity index (χ0n) is 19.2. The van der Waals surface area contributed by atoms with Gasteiger partial charge in [0.05, 0.1) is 29.0 Å². The van der Waals surface area contributed by atoms with Crippen molar-refractivity contribution in [2.75, 3.05) is 0 Å². The molecule has 33 heavy (non-hydrogen) atoms. The molecule has 3 N–H and O–H groups in total. The number of pyridine rings is 2. The van der Waals surface area contributed by atoms with E-state index in [1.165, 1.54) is 0 Å². The second-order valence-electron chi connectivity index (χ2n) is 9.83. The molecule has 1 aromatic carbocycles. The Hall–Kier alpha value is -3.23. The minimum absolute atomic E-state index is 0.100. The molecule has 2 aliphatic heterocycles. The number of aromatic nitrogens is 2. The number of hydrogen-bond acceptors (Lipinski definition) is 7. The van der Waals surface area contributed by atoms with Crippen LogP contribution in [-0.4, -0.2) is 31.3 Å². The summed E-state index contributed by atoms with van der Waals surface area (Å²) in [6, 6.07) is 7.05. The Kier molecular flexibility index (Phi) is 4.67. The number of rotatable bonds is 3. The number of phenols is 1. The molecule has 172 valence electrons. The van der Waals surface area contributed by atoms with Crippen LogP contribution >= 0.6 is 0 Å². The molecule has 0 saturated carbocycles. The van der Waals surface area contributed by atoms with Gasteiger partial charge in [-0.2, -0.15) is 0 Å². The van der Waals surface area contributed by atoms with Crippen LogP contribution in [0.2, 0.25) is 0 Å². The highest BCUT2D eigenvalue weighted by Gasteiger charge is 2.45. The van der Waals surface area contributed by atoms with Crippen molar-refractivity contribution in [1.29, 1.82) is 0 Å². The third kappa shape index (κ3) is 3.24. The van der Waals surface area contributed by atoms with Crippen molar-refractivity contribution < 1.29 is 19.7 Å². The van der Waals surface area contributed by atoms with Gasteiger partial charge in [0.15, 0.2) is 5.60 Å². The lowest BCUT2D eigenvalue weighted by molar-refractivity contribution is -0.172. The average molecular weight is 450 g/mol. The van der Waals surface area contributed by atoms with Crippen LogP contribution < -0.4 is 10.9 Å². The quantitative estimate of drug-likeness (QED) is 0.412. The van der Waals surface area contributed by atoms with Crippen LogP contribution in [0.1, 0.15) is 56.4 Å². The topological polar surface area (TPSA) is 114 Å². The van der Waals surface area contributed by atoms with Gasteiger partial charge in [-0.3, -0.25) is 4.79 Å². The Morgan fingerprint density at radius 3 is 2.70 bits per heavy atom. The van der Waals surface area contributed by atoms with Gasteiger partial charge in [-0.15, -0.1) is 0 Å². The van der Waals surface area contributed by atoms with E-state index in [0.29, 0.717) is 41.1 Å². The number of cyclic esters (lactones) is 1. The first-order chi connectivity index (χ1) is 15.5. The number of aromatic hydroxyl groups is 1. The minimum atomic E-state index is -1.85.